The number of nitrogens with one attached hydrogen (secondary N) is 1. The first kappa shape index (κ1) is 23.0. The molecule has 1 amide bonds. The number of aromatic nitrogens is 2. The molecular weight excluding hydrogens is 420 g/mol. The van der Waals surface area contributed by atoms with Gasteiger partial charge in [-0.25, -0.2) is 18.2 Å². The summed E-state index contributed by atoms with van der Waals surface area (Å²) in [6.07, 6.45) is 2.69. The number of nitrogens with zero attached hydrogens (tertiary/aromatic N) is 3. The van der Waals surface area contributed by atoms with Crippen LogP contribution in [0.1, 0.15) is 41.5 Å². The van der Waals surface area contributed by atoms with Crippen molar-refractivity contribution in [2.24, 2.45) is 13.0 Å². The van der Waals surface area contributed by atoms with Crippen molar-refractivity contribution in [3.8, 4) is 0 Å². The smallest absolute Gasteiger partial charge is 0.341 e. The van der Waals surface area contributed by atoms with Gasteiger partial charge < -0.3 is 14.6 Å². The highest BCUT2D eigenvalue weighted by atomic mass is 32.2. The molecule has 0 aliphatic carbocycles. The Morgan fingerprint density at radius 2 is 2.00 bits per heavy atom. The molecule has 1 N–H and O–H groups in total. The van der Waals surface area contributed by atoms with E-state index in [0.29, 0.717) is 30.0 Å². The van der Waals surface area contributed by atoms with Crippen LogP contribution in [0, 0.1) is 19.8 Å². The predicted molar refractivity (Wildman–Crippen MR) is 115 cm³/mol. The second-order valence-corrected chi connectivity index (χ2v) is 9.44. The maximum absolute atomic E-state index is 13.6. The van der Waals surface area contributed by atoms with Gasteiger partial charge in [0.05, 0.1) is 12.5 Å². The Kier molecular flexibility index (Phi) is 6.80. The Bertz CT molecular complexity index is 1080. The number of hydrogen-bond acceptors (Lipinski definition) is 6. The molecule has 3 heterocycles. The number of piperidine rings is 1. The number of sulfonamides is 1. The SMILES string of the molecule is CCOC(=O)c1c(S(=O)(=O)N2CCC[C@H](C(=O)Nc3ccccn3)C2)c(C)n(C)c1C. The average Bonchev–Trinajstić information content (AvgIpc) is 2.99. The van der Waals surface area contributed by atoms with Crippen LogP contribution in [0.5, 0.6) is 0 Å². The van der Waals surface area contributed by atoms with Crippen LogP contribution in [-0.4, -0.2) is 53.8 Å². The van der Waals surface area contributed by atoms with Gasteiger partial charge in [0, 0.05) is 37.7 Å². The van der Waals surface area contributed by atoms with E-state index in [4.69, 9.17) is 4.74 Å². The minimum atomic E-state index is -4.01. The largest absolute Gasteiger partial charge is 0.462 e. The lowest BCUT2D eigenvalue weighted by atomic mass is 9.99. The first-order valence-corrected chi connectivity index (χ1v) is 11.7. The zero-order valence-electron chi connectivity index (χ0n) is 18.2. The van der Waals surface area contributed by atoms with Crippen molar-refractivity contribution in [3.63, 3.8) is 0 Å². The molecule has 2 aromatic heterocycles. The van der Waals surface area contributed by atoms with Crippen LogP contribution in [0.4, 0.5) is 5.82 Å². The molecule has 2 aromatic rings. The van der Waals surface area contributed by atoms with Gasteiger partial charge in [0.1, 0.15) is 16.3 Å². The number of hydrogen-bond donors (Lipinski definition) is 1. The highest BCUT2D eigenvalue weighted by Gasteiger charge is 2.39. The van der Waals surface area contributed by atoms with Crippen LogP contribution in [0.2, 0.25) is 0 Å². The van der Waals surface area contributed by atoms with Gasteiger partial charge in [0.25, 0.3) is 0 Å². The molecule has 0 radical (unpaired) electrons. The lowest BCUT2D eigenvalue weighted by molar-refractivity contribution is -0.120. The fraction of sp³-hybridized carbons (Fsp3) is 0.476. The molecule has 10 heteroatoms. The van der Waals surface area contributed by atoms with E-state index in [9.17, 15) is 18.0 Å². The minimum Gasteiger partial charge on any atom is -0.462 e. The van der Waals surface area contributed by atoms with Crippen LogP contribution in [-0.2, 0) is 26.6 Å². The monoisotopic (exact) mass is 448 g/mol. The van der Waals surface area contributed by atoms with Gasteiger partial charge in [-0.05, 0) is 45.7 Å². The van der Waals surface area contributed by atoms with Crippen LogP contribution in [0.3, 0.4) is 0 Å². The average molecular weight is 449 g/mol. The summed E-state index contributed by atoms with van der Waals surface area (Å²) in [4.78, 5) is 29.3. The van der Waals surface area contributed by atoms with Crippen LogP contribution < -0.4 is 5.32 Å². The second-order valence-electron chi connectivity index (χ2n) is 7.56. The van der Waals surface area contributed by atoms with Gasteiger partial charge in [0.2, 0.25) is 15.9 Å². The number of pyridine rings is 1. The molecule has 0 unspecified atom stereocenters. The molecular formula is C21H28N4O5S. The molecule has 0 bridgehead atoms. The lowest BCUT2D eigenvalue weighted by Crippen LogP contribution is -2.44. The number of rotatable bonds is 6. The summed E-state index contributed by atoms with van der Waals surface area (Å²) in [5.74, 6) is -1.03. The van der Waals surface area contributed by atoms with Crippen LogP contribution in [0.25, 0.3) is 0 Å². The molecule has 1 aliphatic rings. The molecule has 1 fully saturated rings. The van der Waals surface area contributed by atoms with Crippen molar-refractivity contribution in [1.82, 2.24) is 13.9 Å². The third-order valence-electron chi connectivity index (χ3n) is 5.67. The quantitative estimate of drug-likeness (QED) is 0.679. The number of anilines is 1. The molecule has 3 rings (SSSR count). The Labute approximate surface area is 182 Å². The molecule has 1 saturated heterocycles. The number of ether oxygens (including phenoxy) is 1. The molecule has 31 heavy (non-hydrogen) atoms. The summed E-state index contributed by atoms with van der Waals surface area (Å²) in [6.45, 7) is 5.50. The summed E-state index contributed by atoms with van der Waals surface area (Å²) in [7, 11) is -2.30. The van der Waals surface area contributed by atoms with Gasteiger partial charge in [0.15, 0.2) is 0 Å². The van der Waals surface area contributed by atoms with E-state index in [0.717, 1.165) is 0 Å². The standard InChI is InChI=1S/C21H28N4O5S/c1-5-30-21(27)18-14(2)24(4)15(3)19(18)31(28,29)25-12-8-9-16(13-25)20(26)23-17-10-6-7-11-22-17/h6-7,10-11,16H,5,8-9,12-13H2,1-4H3,(H,22,23,26)/t16-/m0/s1. The maximum Gasteiger partial charge on any atom is 0.341 e. The van der Waals surface area contributed by atoms with Crippen LogP contribution >= 0.6 is 0 Å². The summed E-state index contributed by atoms with van der Waals surface area (Å²) in [5, 5.41) is 2.74. The van der Waals surface area contributed by atoms with Crippen molar-refractivity contribution in [2.75, 3.05) is 25.0 Å². The van der Waals surface area contributed by atoms with E-state index in [1.54, 1.807) is 56.8 Å². The molecule has 1 aliphatic heterocycles. The minimum absolute atomic E-state index is 0.0383. The zero-order valence-corrected chi connectivity index (χ0v) is 19.0. The van der Waals surface area contributed by atoms with Gasteiger partial charge in [-0.3, -0.25) is 4.79 Å². The van der Waals surface area contributed by atoms with Gasteiger partial charge in [-0.1, -0.05) is 6.07 Å². The highest BCUT2D eigenvalue weighted by Crippen LogP contribution is 2.32. The Morgan fingerprint density at radius 1 is 1.26 bits per heavy atom. The fourth-order valence-electron chi connectivity index (χ4n) is 3.84. The van der Waals surface area contributed by atoms with Gasteiger partial charge in [-0.2, -0.15) is 4.31 Å². The topological polar surface area (TPSA) is 111 Å². The zero-order chi connectivity index (χ0) is 22.8. The number of esters is 1. The fourth-order valence-corrected chi connectivity index (χ4v) is 5.85. The first-order valence-electron chi connectivity index (χ1n) is 10.2. The molecule has 0 spiro atoms. The Balaban J connectivity index is 1.89. The molecule has 9 nitrogen and oxygen atoms in total. The third kappa shape index (κ3) is 4.49. The predicted octanol–water partition coefficient (Wildman–Crippen LogP) is 2.25. The van der Waals surface area contributed by atoms with Crippen molar-refractivity contribution in [2.45, 2.75) is 38.5 Å². The van der Waals surface area contributed by atoms with E-state index in [1.807, 2.05) is 0 Å². The number of amides is 1. The van der Waals surface area contributed by atoms with E-state index in [1.165, 1.54) is 4.31 Å². The van der Waals surface area contributed by atoms with Crippen molar-refractivity contribution in [1.29, 1.82) is 0 Å². The normalized spacial score (nSPS) is 17.4. The third-order valence-corrected chi connectivity index (χ3v) is 7.70. The molecule has 168 valence electrons. The summed E-state index contributed by atoms with van der Waals surface area (Å²) in [6, 6.07) is 5.19. The highest BCUT2D eigenvalue weighted by molar-refractivity contribution is 7.89. The van der Waals surface area contributed by atoms with E-state index < -0.39 is 21.9 Å². The number of carbonyl (C=O) groups excluding carboxylic acids is 2. The Morgan fingerprint density at radius 3 is 2.65 bits per heavy atom. The van der Waals surface area contributed by atoms with Gasteiger partial charge >= 0.3 is 5.97 Å². The van der Waals surface area contributed by atoms with Crippen molar-refractivity contribution >= 4 is 27.7 Å². The first-order chi connectivity index (χ1) is 14.7. The van der Waals surface area contributed by atoms with Crippen molar-refractivity contribution < 1.29 is 22.7 Å². The second kappa shape index (κ2) is 9.19. The summed E-state index contributed by atoms with van der Waals surface area (Å²) >= 11 is 0. The maximum atomic E-state index is 13.6. The van der Waals surface area contributed by atoms with E-state index >= 15 is 0 Å². The molecule has 1 atom stereocenters. The number of carbonyl (C=O) groups is 2. The van der Waals surface area contributed by atoms with E-state index in [2.05, 4.69) is 10.3 Å². The summed E-state index contributed by atoms with van der Waals surface area (Å²) < 4.78 is 35.3. The Hall–Kier alpha value is -2.72. The van der Waals surface area contributed by atoms with Crippen molar-refractivity contribution in [3.05, 3.63) is 41.3 Å². The molecule has 0 saturated carbocycles. The van der Waals surface area contributed by atoms with E-state index in [-0.39, 0.29) is 36.1 Å². The summed E-state index contributed by atoms with van der Waals surface area (Å²) in [5.41, 5.74) is 1.04. The lowest BCUT2D eigenvalue weighted by Gasteiger charge is -2.31. The van der Waals surface area contributed by atoms with Crippen LogP contribution in [0.15, 0.2) is 29.3 Å². The molecule has 0 aromatic carbocycles. The van der Waals surface area contributed by atoms with Gasteiger partial charge in [-0.15, -0.1) is 0 Å².